The van der Waals surface area contributed by atoms with Crippen LogP contribution in [0.1, 0.15) is 24.3 Å². The van der Waals surface area contributed by atoms with Crippen LogP contribution in [-0.2, 0) is 9.84 Å². The van der Waals surface area contributed by atoms with E-state index in [4.69, 9.17) is 0 Å². The standard InChI is InChI=1S/C10H14BrNO2S2/c1-7-2-3-16(13,14)6-9(12-7)10-4-8(11)5-15-10/h4-5,7,9,12H,2-3,6H2,1H3. The Morgan fingerprint density at radius 3 is 2.94 bits per heavy atom. The molecular formula is C10H14BrNO2S2. The third kappa shape index (κ3) is 3.06. The van der Waals surface area contributed by atoms with Crippen molar-refractivity contribution in [1.82, 2.24) is 5.32 Å². The molecule has 0 radical (unpaired) electrons. The number of halogens is 1. The van der Waals surface area contributed by atoms with Crippen LogP contribution in [-0.4, -0.2) is 26.0 Å². The Hall–Kier alpha value is 0.0900. The van der Waals surface area contributed by atoms with Gasteiger partial charge in [-0.3, -0.25) is 0 Å². The van der Waals surface area contributed by atoms with E-state index in [1.807, 2.05) is 18.4 Å². The Labute approximate surface area is 108 Å². The van der Waals surface area contributed by atoms with Gasteiger partial charge in [0.2, 0.25) is 0 Å². The van der Waals surface area contributed by atoms with Crippen molar-refractivity contribution in [3.05, 3.63) is 20.8 Å². The lowest BCUT2D eigenvalue weighted by Crippen LogP contribution is -2.30. The predicted octanol–water partition coefficient (Wildman–Crippen LogP) is 2.35. The van der Waals surface area contributed by atoms with Crippen molar-refractivity contribution in [3.8, 4) is 0 Å². The van der Waals surface area contributed by atoms with Crippen LogP contribution in [0.5, 0.6) is 0 Å². The minimum atomic E-state index is -2.91. The molecule has 0 aromatic carbocycles. The SMILES string of the molecule is CC1CCS(=O)(=O)CC(c2cc(Br)cs2)N1. The molecule has 2 unspecified atom stereocenters. The molecule has 0 amide bonds. The summed E-state index contributed by atoms with van der Waals surface area (Å²) in [7, 11) is -2.91. The molecule has 0 aliphatic carbocycles. The summed E-state index contributed by atoms with van der Waals surface area (Å²) in [6.45, 7) is 2.04. The van der Waals surface area contributed by atoms with Gasteiger partial charge < -0.3 is 5.32 Å². The second kappa shape index (κ2) is 4.76. The fourth-order valence-electron chi connectivity index (χ4n) is 1.84. The van der Waals surface area contributed by atoms with Gasteiger partial charge in [0.05, 0.1) is 17.5 Å². The maximum absolute atomic E-state index is 11.8. The Morgan fingerprint density at radius 2 is 2.31 bits per heavy atom. The molecule has 2 rings (SSSR count). The average Bonchev–Trinajstić information content (AvgIpc) is 2.55. The third-order valence-electron chi connectivity index (χ3n) is 2.70. The highest BCUT2D eigenvalue weighted by atomic mass is 79.9. The molecule has 1 aliphatic heterocycles. The second-order valence-corrected chi connectivity index (χ2v) is 8.28. The lowest BCUT2D eigenvalue weighted by Gasteiger charge is -2.17. The van der Waals surface area contributed by atoms with E-state index in [9.17, 15) is 8.42 Å². The van der Waals surface area contributed by atoms with Gasteiger partial charge in [-0.2, -0.15) is 0 Å². The average molecular weight is 324 g/mol. The summed E-state index contributed by atoms with van der Waals surface area (Å²) in [4.78, 5) is 1.09. The molecule has 0 spiro atoms. The van der Waals surface area contributed by atoms with Crippen LogP contribution in [0.25, 0.3) is 0 Å². The maximum atomic E-state index is 11.8. The molecule has 2 heterocycles. The van der Waals surface area contributed by atoms with Gasteiger partial charge in [0, 0.05) is 20.8 Å². The van der Waals surface area contributed by atoms with Crippen molar-refractivity contribution in [2.75, 3.05) is 11.5 Å². The van der Waals surface area contributed by atoms with Gasteiger partial charge in [-0.25, -0.2) is 8.42 Å². The van der Waals surface area contributed by atoms with Crippen molar-refractivity contribution in [2.24, 2.45) is 0 Å². The van der Waals surface area contributed by atoms with Crippen molar-refractivity contribution in [1.29, 1.82) is 0 Å². The lowest BCUT2D eigenvalue weighted by molar-refractivity contribution is 0.488. The first kappa shape index (κ1) is 12.5. The van der Waals surface area contributed by atoms with Crippen LogP contribution in [0.4, 0.5) is 0 Å². The van der Waals surface area contributed by atoms with Crippen molar-refractivity contribution in [3.63, 3.8) is 0 Å². The van der Waals surface area contributed by atoms with E-state index < -0.39 is 9.84 Å². The van der Waals surface area contributed by atoms with E-state index in [0.29, 0.717) is 12.2 Å². The fourth-order valence-corrected chi connectivity index (χ4v) is 5.12. The van der Waals surface area contributed by atoms with Gasteiger partial charge >= 0.3 is 0 Å². The molecule has 1 fully saturated rings. The topological polar surface area (TPSA) is 46.2 Å². The number of sulfone groups is 1. The first-order valence-electron chi connectivity index (χ1n) is 5.17. The van der Waals surface area contributed by atoms with Gasteiger partial charge in [0.1, 0.15) is 0 Å². The largest absolute Gasteiger partial charge is 0.306 e. The van der Waals surface area contributed by atoms with Crippen LogP contribution < -0.4 is 5.32 Å². The summed E-state index contributed by atoms with van der Waals surface area (Å²) in [5.74, 6) is 0.508. The summed E-state index contributed by atoms with van der Waals surface area (Å²) >= 11 is 4.99. The Bertz CT molecular complexity index is 469. The van der Waals surface area contributed by atoms with E-state index in [1.54, 1.807) is 11.3 Å². The fraction of sp³-hybridized carbons (Fsp3) is 0.600. The maximum Gasteiger partial charge on any atom is 0.152 e. The summed E-state index contributed by atoms with van der Waals surface area (Å²) in [6.07, 6.45) is 0.700. The van der Waals surface area contributed by atoms with E-state index in [-0.39, 0.29) is 17.8 Å². The summed E-state index contributed by atoms with van der Waals surface area (Å²) < 4.78 is 24.5. The van der Waals surface area contributed by atoms with Gasteiger partial charge in [0.25, 0.3) is 0 Å². The molecule has 1 aromatic rings. The molecule has 1 aromatic heterocycles. The molecule has 1 N–H and O–H groups in total. The molecule has 1 aliphatic rings. The number of nitrogens with one attached hydrogen (secondary N) is 1. The molecule has 0 bridgehead atoms. The second-order valence-electron chi connectivity index (χ2n) is 4.19. The molecule has 16 heavy (non-hydrogen) atoms. The molecule has 2 atom stereocenters. The summed E-state index contributed by atoms with van der Waals surface area (Å²) in [5, 5.41) is 5.36. The van der Waals surface area contributed by atoms with Crippen LogP contribution in [0, 0.1) is 0 Å². The van der Waals surface area contributed by atoms with E-state index in [0.717, 1.165) is 9.35 Å². The van der Waals surface area contributed by atoms with Gasteiger partial charge in [-0.1, -0.05) is 0 Å². The van der Waals surface area contributed by atoms with E-state index in [1.165, 1.54) is 0 Å². The quantitative estimate of drug-likeness (QED) is 0.862. The molecule has 90 valence electrons. The van der Waals surface area contributed by atoms with Gasteiger partial charge in [-0.05, 0) is 35.3 Å². The van der Waals surface area contributed by atoms with Gasteiger partial charge in [0.15, 0.2) is 9.84 Å². The van der Waals surface area contributed by atoms with Crippen LogP contribution >= 0.6 is 27.3 Å². The van der Waals surface area contributed by atoms with Gasteiger partial charge in [-0.15, -0.1) is 11.3 Å². The molecule has 3 nitrogen and oxygen atoms in total. The molecule has 0 saturated carbocycles. The minimum Gasteiger partial charge on any atom is -0.306 e. The number of thiophene rings is 1. The first-order valence-corrected chi connectivity index (χ1v) is 8.66. The smallest absolute Gasteiger partial charge is 0.152 e. The number of rotatable bonds is 1. The zero-order chi connectivity index (χ0) is 11.8. The third-order valence-corrected chi connectivity index (χ3v) is 6.21. The highest BCUT2D eigenvalue weighted by Crippen LogP contribution is 2.28. The van der Waals surface area contributed by atoms with E-state index >= 15 is 0 Å². The normalized spacial score (nSPS) is 29.9. The van der Waals surface area contributed by atoms with Crippen LogP contribution in [0.2, 0.25) is 0 Å². The van der Waals surface area contributed by atoms with Crippen molar-refractivity contribution >= 4 is 37.1 Å². The Morgan fingerprint density at radius 1 is 1.56 bits per heavy atom. The summed E-state index contributed by atoms with van der Waals surface area (Å²) in [5.41, 5.74) is 0. The lowest BCUT2D eigenvalue weighted by atomic mass is 10.2. The Kier molecular flexibility index (Phi) is 3.73. The predicted molar refractivity (Wildman–Crippen MR) is 70.6 cm³/mol. The van der Waals surface area contributed by atoms with Crippen LogP contribution in [0.15, 0.2) is 15.9 Å². The zero-order valence-electron chi connectivity index (χ0n) is 8.94. The van der Waals surface area contributed by atoms with Crippen molar-refractivity contribution < 1.29 is 8.42 Å². The zero-order valence-corrected chi connectivity index (χ0v) is 12.2. The van der Waals surface area contributed by atoms with E-state index in [2.05, 4.69) is 21.2 Å². The van der Waals surface area contributed by atoms with Crippen molar-refractivity contribution in [2.45, 2.75) is 25.4 Å². The molecule has 1 saturated heterocycles. The Balaban J connectivity index is 2.25. The van der Waals surface area contributed by atoms with Crippen LogP contribution in [0.3, 0.4) is 0 Å². The molecule has 6 heteroatoms. The molecular weight excluding hydrogens is 310 g/mol. The monoisotopic (exact) mass is 323 g/mol. The minimum absolute atomic E-state index is 0.0567. The highest BCUT2D eigenvalue weighted by Gasteiger charge is 2.27. The first-order chi connectivity index (χ1) is 7.46. The number of hydrogen-bond acceptors (Lipinski definition) is 4. The summed E-state index contributed by atoms with van der Waals surface area (Å²) in [6, 6.07) is 2.19. The highest BCUT2D eigenvalue weighted by molar-refractivity contribution is 9.10. The number of hydrogen-bond donors (Lipinski definition) is 1.